The molecular weight excluding hydrogens is 534 g/mol. The first-order valence-corrected chi connectivity index (χ1v) is 16.5. The summed E-state index contributed by atoms with van der Waals surface area (Å²) in [5, 5.41) is 33.2. The minimum atomic E-state index is -2.11. The summed E-state index contributed by atoms with van der Waals surface area (Å²) in [6.07, 6.45) is 1.09. The molecular formula is C30H36BFN6O2Si. The van der Waals surface area contributed by atoms with Crippen LogP contribution in [0.5, 0.6) is 0 Å². The minimum absolute atomic E-state index is 0.00696. The Hall–Kier alpha value is -3.77. The number of hydrogen-bond acceptors (Lipinski definition) is 8. The van der Waals surface area contributed by atoms with E-state index in [2.05, 4.69) is 68.2 Å². The van der Waals surface area contributed by atoms with Gasteiger partial charge in [0.25, 0.3) is 0 Å². The van der Waals surface area contributed by atoms with Gasteiger partial charge in [-0.15, -0.1) is 0 Å². The molecule has 0 saturated heterocycles. The number of aromatic nitrogens is 2. The van der Waals surface area contributed by atoms with Crippen LogP contribution in [0.1, 0.15) is 49.9 Å². The number of anilines is 3. The highest BCUT2D eigenvalue weighted by molar-refractivity contribution is 6.74. The molecule has 0 spiro atoms. The maximum atomic E-state index is 15.3. The molecule has 0 radical (unpaired) electrons. The summed E-state index contributed by atoms with van der Waals surface area (Å²) in [5.74, 6) is -0.472. The van der Waals surface area contributed by atoms with E-state index in [0.29, 0.717) is 41.2 Å². The second-order valence-electron chi connectivity index (χ2n) is 12.6. The summed E-state index contributed by atoms with van der Waals surface area (Å²) in [7, 11) is -2.94. The lowest BCUT2D eigenvalue weighted by molar-refractivity contribution is 0.218. The van der Waals surface area contributed by atoms with Crippen molar-refractivity contribution in [3.63, 3.8) is 0 Å². The molecule has 1 aromatic heterocycles. The molecule has 1 atom stereocenters. The zero-order valence-electron chi connectivity index (χ0n) is 24.9. The summed E-state index contributed by atoms with van der Waals surface area (Å²) >= 11 is 0. The Kier molecular flexibility index (Phi) is 8.03. The van der Waals surface area contributed by atoms with Crippen LogP contribution in [0.15, 0.2) is 36.5 Å². The number of nitrogens with zero attached hydrogens (tertiary/aromatic N) is 5. The van der Waals surface area contributed by atoms with Gasteiger partial charge in [0.1, 0.15) is 11.8 Å². The maximum Gasteiger partial charge on any atom is 0.409 e. The van der Waals surface area contributed by atoms with Crippen LogP contribution in [0.25, 0.3) is 11.3 Å². The minimum Gasteiger partial charge on any atom is -0.432 e. The largest absolute Gasteiger partial charge is 0.432 e. The number of nitrogens with one attached hydrogen (secondary N) is 1. The first-order chi connectivity index (χ1) is 19.1. The van der Waals surface area contributed by atoms with Crippen LogP contribution in [0.4, 0.5) is 21.7 Å². The highest BCUT2D eigenvalue weighted by Gasteiger charge is 2.46. The molecule has 2 aromatic carbocycles. The summed E-state index contributed by atoms with van der Waals surface area (Å²) < 4.78 is 21.9. The summed E-state index contributed by atoms with van der Waals surface area (Å²) in [6.45, 7) is 17.4. The average Bonchev–Trinajstić information content (AvgIpc) is 3.22. The monoisotopic (exact) mass is 570 g/mol. The number of halogens is 1. The Bertz CT molecular complexity index is 1580. The van der Waals surface area contributed by atoms with E-state index in [1.807, 2.05) is 19.1 Å². The lowest BCUT2D eigenvalue weighted by Gasteiger charge is -2.39. The van der Waals surface area contributed by atoms with E-state index in [1.54, 1.807) is 29.8 Å². The van der Waals surface area contributed by atoms with Crippen molar-refractivity contribution in [3.8, 4) is 23.4 Å². The molecule has 11 heteroatoms. The van der Waals surface area contributed by atoms with Gasteiger partial charge >= 0.3 is 7.05 Å². The normalized spacial score (nSPS) is 16.6. The van der Waals surface area contributed by atoms with Crippen molar-refractivity contribution in [2.24, 2.45) is 0 Å². The van der Waals surface area contributed by atoms with E-state index >= 15 is 4.39 Å². The van der Waals surface area contributed by atoms with Gasteiger partial charge in [-0.1, -0.05) is 33.8 Å². The molecule has 0 unspecified atom stereocenters. The smallest absolute Gasteiger partial charge is 0.409 e. The third kappa shape index (κ3) is 5.84. The van der Waals surface area contributed by atoms with E-state index in [1.165, 1.54) is 0 Å². The van der Waals surface area contributed by atoms with Crippen molar-refractivity contribution in [2.45, 2.75) is 65.0 Å². The summed E-state index contributed by atoms with van der Waals surface area (Å²) in [5.41, 5.74) is 3.63. The van der Waals surface area contributed by atoms with E-state index in [4.69, 9.17) is 4.43 Å². The van der Waals surface area contributed by atoms with Gasteiger partial charge < -0.3 is 19.6 Å². The summed E-state index contributed by atoms with van der Waals surface area (Å²) in [6, 6.07) is 13.0. The van der Waals surface area contributed by atoms with Crippen LogP contribution in [0, 0.1) is 35.4 Å². The van der Waals surface area contributed by atoms with Crippen molar-refractivity contribution in [3.05, 3.63) is 64.6 Å². The predicted molar refractivity (Wildman–Crippen MR) is 163 cm³/mol. The number of aryl methyl sites for hydroxylation is 1. The molecule has 2 heterocycles. The Labute approximate surface area is 243 Å². The van der Waals surface area contributed by atoms with Crippen LogP contribution in [0.3, 0.4) is 0 Å². The van der Waals surface area contributed by atoms with Crippen molar-refractivity contribution < 1.29 is 13.8 Å². The van der Waals surface area contributed by atoms with E-state index < -0.39 is 26.6 Å². The molecule has 1 aliphatic rings. The molecule has 4 rings (SSSR count). The fourth-order valence-corrected chi connectivity index (χ4v) is 5.85. The highest BCUT2D eigenvalue weighted by Crippen LogP contribution is 2.47. The standard InChI is InChI=1S/C30H36BFN6O2Si/c1-19-9-10-20(14-33)11-25(19)36-28-35-16-24(32)26(37-28)21-12-22(15-34)27-23(13-21)30(5,17-38(27)31(6)39)18-40-41(7,8)29(2,3)4/h9-13,16,39H,17-18H2,1-8H3,(H,35,36,37)/t30-/m1/s1. The first kappa shape index (κ1) is 30.2. The lowest BCUT2D eigenvalue weighted by atomic mass is 9.83. The zero-order chi connectivity index (χ0) is 30.3. The van der Waals surface area contributed by atoms with Gasteiger partial charge in [-0.05, 0) is 67.3 Å². The quantitative estimate of drug-likeness (QED) is 0.319. The van der Waals surface area contributed by atoms with E-state index in [0.717, 1.165) is 17.3 Å². The van der Waals surface area contributed by atoms with Crippen molar-refractivity contribution >= 4 is 32.7 Å². The number of hydrogen-bond donors (Lipinski definition) is 2. The first-order valence-electron chi connectivity index (χ1n) is 13.6. The zero-order valence-corrected chi connectivity index (χ0v) is 25.9. The molecule has 0 fully saturated rings. The predicted octanol–water partition coefficient (Wildman–Crippen LogP) is 6.29. The molecule has 41 heavy (non-hydrogen) atoms. The molecule has 8 nitrogen and oxygen atoms in total. The second-order valence-corrected chi connectivity index (χ2v) is 17.4. The maximum absolute atomic E-state index is 15.3. The molecule has 212 valence electrons. The van der Waals surface area contributed by atoms with Gasteiger partial charge in [0.2, 0.25) is 5.95 Å². The van der Waals surface area contributed by atoms with Crippen molar-refractivity contribution in [1.29, 1.82) is 10.5 Å². The molecule has 0 amide bonds. The molecule has 0 bridgehead atoms. The van der Waals surface area contributed by atoms with E-state index in [9.17, 15) is 15.5 Å². The fourth-order valence-electron chi connectivity index (χ4n) is 4.74. The Morgan fingerprint density at radius 2 is 1.93 bits per heavy atom. The SMILES string of the molecule is CB(O)N1C[C@](C)(CO[Si](C)(C)C(C)(C)C)c2cc(-c3nc(Nc4cc(C#N)ccc4C)ncc3F)cc(C#N)c21. The van der Waals surface area contributed by atoms with Crippen molar-refractivity contribution in [2.75, 3.05) is 23.3 Å². The van der Waals surface area contributed by atoms with Crippen LogP contribution >= 0.6 is 0 Å². The molecule has 0 saturated carbocycles. The van der Waals surface area contributed by atoms with Crippen LogP contribution in [-0.4, -0.2) is 43.5 Å². The summed E-state index contributed by atoms with van der Waals surface area (Å²) in [4.78, 5) is 10.4. The number of nitriles is 2. The van der Waals surface area contributed by atoms with Crippen LogP contribution < -0.4 is 10.1 Å². The molecule has 1 aliphatic heterocycles. The van der Waals surface area contributed by atoms with Gasteiger partial charge in [0, 0.05) is 35.5 Å². The van der Waals surface area contributed by atoms with Gasteiger partial charge in [0.15, 0.2) is 14.1 Å². The average molecular weight is 571 g/mol. The van der Waals surface area contributed by atoms with E-state index in [-0.39, 0.29) is 16.7 Å². The Morgan fingerprint density at radius 1 is 1.22 bits per heavy atom. The molecule has 0 aliphatic carbocycles. The second kappa shape index (κ2) is 10.9. The lowest BCUT2D eigenvalue weighted by Crippen LogP contribution is -2.47. The van der Waals surface area contributed by atoms with Crippen LogP contribution in [0.2, 0.25) is 25.0 Å². The molecule has 3 aromatic rings. The number of fused-ring (bicyclic) bond motifs is 1. The topological polar surface area (TPSA) is 118 Å². The third-order valence-corrected chi connectivity index (χ3v) is 12.8. The Balaban J connectivity index is 1.81. The Morgan fingerprint density at radius 3 is 2.54 bits per heavy atom. The van der Waals surface area contributed by atoms with Gasteiger partial charge in [-0.3, -0.25) is 0 Å². The molecule has 2 N–H and O–H groups in total. The van der Waals surface area contributed by atoms with Crippen molar-refractivity contribution in [1.82, 2.24) is 9.97 Å². The highest BCUT2D eigenvalue weighted by atomic mass is 28.4. The number of benzene rings is 2. The van der Waals surface area contributed by atoms with Gasteiger partial charge in [-0.2, -0.15) is 10.5 Å². The fraction of sp³-hybridized carbons (Fsp3) is 0.400. The van der Waals surface area contributed by atoms with Gasteiger partial charge in [-0.25, -0.2) is 14.4 Å². The van der Waals surface area contributed by atoms with Gasteiger partial charge in [0.05, 0.1) is 23.4 Å². The van der Waals surface area contributed by atoms with Crippen LogP contribution in [-0.2, 0) is 9.84 Å². The third-order valence-electron chi connectivity index (χ3n) is 8.33. The number of rotatable bonds is 7.